The molecule has 0 aliphatic heterocycles. The van der Waals surface area contributed by atoms with Crippen molar-refractivity contribution in [3.8, 4) is 5.75 Å². The van der Waals surface area contributed by atoms with Crippen LogP contribution in [0.15, 0.2) is 36.4 Å². The summed E-state index contributed by atoms with van der Waals surface area (Å²) in [5.74, 6) is 0.0461. The summed E-state index contributed by atoms with van der Waals surface area (Å²) in [4.78, 5) is 35.0. The Bertz CT molecular complexity index is 996. The third kappa shape index (κ3) is 11.4. The van der Waals surface area contributed by atoms with Crippen molar-refractivity contribution in [1.29, 1.82) is 0 Å². The molecule has 0 bridgehead atoms. The number of carbonyl (C=O) groups is 3. The zero-order valence-corrected chi connectivity index (χ0v) is 22.9. The molecule has 0 heterocycles. The molecule has 0 saturated heterocycles. The topological polar surface area (TPSA) is 117 Å². The number of carbonyl (C=O) groups excluding carboxylic acids is 3. The quantitative estimate of drug-likeness (QED) is 0.327. The average molecular weight is 501 g/mol. The molecule has 2 aromatic rings. The van der Waals surface area contributed by atoms with Gasteiger partial charge in [-0.15, -0.1) is 0 Å². The fraction of sp³-hybridized carbons (Fsp3) is 0.464. The van der Waals surface area contributed by atoms with E-state index in [1.54, 1.807) is 72.9 Å². The molecule has 0 aliphatic rings. The van der Waals surface area contributed by atoms with E-state index in [0.717, 1.165) is 16.9 Å². The van der Waals surface area contributed by atoms with Crippen LogP contribution in [0.3, 0.4) is 0 Å². The number of nitrogens with two attached hydrogens (primary N) is 1. The Kier molecular flexibility index (Phi) is 11.1. The van der Waals surface area contributed by atoms with Crippen molar-refractivity contribution < 1.29 is 28.6 Å². The smallest absolute Gasteiger partial charge is 0.320 e. The molecule has 0 amide bonds. The van der Waals surface area contributed by atoms with Crippen molar-refractivity contribution in [3.63, 3.8) is 0 Å². The summed E-state index contributed by atoms with van der Waals surface area (Å²) in [6.07, 6.45) is 0. The Morgan fingerprint density at radius 1 is 0.778 bits per heavy atom. The van der Waals surface area contributed by atoms with Crippen LogP contribution >= 0.6 is 0 Å². The van der Waals surface area contributed by atoms with Crippen molar-refractivity contribution in [2.24, 2.45) is 0 Å². The van der Waals surface area contributed by atoms with Crippen LogP contribution in [0.5, 0.6) is 5.75 Å². The summed E-state index contributed by atoms with van der Waals surface area (Å²) in [5.41, 5.74) is 8.48. The van der Waals surface area contributed by atoms with Crippen LogP contribution in [0.1, 0.15) is 68.6 Å². The summed E-state index contributed by atoms with van der Waals surface area (Å²) in [6, 6.07) is 10.7. The molecule has 0 unspecified atom stereocenters. The second-order valence-electron chi connectivity index (χ2n) is 10.4. The monoisotopic (exact) mass is 500 g/mol. The van der Waals surface area contributed by atoms with Gasteiger partial charge in [0.1, 0.15) is 17.0 Å². The molecule has 0 radical (unpaired) electrons. The number of esters is 2. The molecule has 2 rings (SSSR count). The third-order valence-corrected chi connectivity index (χ3v) is 4.48. The van der Waals surface area contributed by atoms with Crippen molar-refractivity contribution in [2.45, 2.75) is 66.6 Å². The van der Waals surface area contributed by atoms with Gasteiger partial charge in [0.25, 0.3) is 0 Å². The summed E-state index contributed by atoms with van der Waals surface area (Å²) in [5, 5.41) is 2.68. The minimum absolute atomic E-state index is 0.00346. The molecule has 0 aliphatic carbocycles. The number of rotatable bonds is 7. The lowest BCUT2D eigenvalue weighted by molar-refractivity contribution is -0.155. The molecule has 0 fully saturated rings. The van der Waals surface area contributed by atoms with Crippen LogP contribution < -0.4 is 15.8 Å². The predicted octanol–water partition coefficient (Wildman–Crippen LogP) is 4.38. The number of anilines is 1. The normalized spacial score (nSPS) is 11.1. The number of methoxy groups -OCH3 is 1. The van der Waals surface area contributed by atoms with Gasteiger partial charge in [0, 0.05) is 16.8 Å². The molecule has 36 heavy (non-hydrogen) atoms. The number of ether oxygens (including phenoxy) is 3. The molecule has 0 saturated carbocycles. The molecule has 0 aromatic heterocycles. The Morgan fingerprint density at radius 3 is 1.56 bits per heavy atom. The van der Waals surface area contributed by atoms with E-state index in [1.807, 2.05) is 26.0 Å². The summed E-state index contributed by atoms with van der Waals surface area (Å²) < 4.78 is 15.4. The van der Waals surface area contributed by atoms with E-state index in [9.17, 15) is 14.4 Å². The summed E-state index contributed by atoms with van der Waals surface area (Å²) in [6.45, 7) is 14.6. The van der Waals surface area contributed by atoms with Gasteiger partial charge in [0.05, 0.1) is 20.2 Å². The molecule has 0 atom stereocenters. The highest BCUT2D eigenvalue weighted by atomic mass is 16.6. The van der Waals surface area contributed by atoms with Crippen molar-refractivity contribution in [2.75, 3.05) is 25.9 Å². The SMILES string of the molecule is CC(C)(C)OC(=O)CNCC(=O)OC(C)(C)C.COc1c(C)cc(C(=O)c2ccc(N)cc2)cc1C. The maximum absolute atomic E-state index is 12.4. The highest BCUT2D eigenvalue weighted by molar-refractivity contribution is 6.09. The number of hydrogen-bond donors (Lipinski definition) is 2. The second kappa shape index (κ2) is 13.1. The van der Waals surface area contributed by atoms with Crippen LogP contribution in [0.4, 0.5) is 5.69 Å². The first-order valence-corrected chi connectivity index (χ1v) is 11.7. The zero-order valence-electron chi connectivity index (χ0n) is 22.9. The average Bonchev–Trinajstić information content (AvgIpc) is 2.71. The van der Waals surface area contributed by atoms with Crippen LogP contribution in [-0.4, -0.2) is 49.1 Å². The Labute approximate surface area is 214 Å². The second-order valence-corrected chi connectivity index (χ2v) is 10.4. The van der Waals surface area contributed by atoms with Gasteiger partial charge >= 0.3 is 11.9 Å². The van der Waals surface area contributed by atoms with E-state index in [2.05, 4.69) is 5.32 Å². The lowest BCUT2D eigenvalue weighted by Crippen LogP contribution is -2.36. The Morgan fingerprint density at radius 2 is 1.19 bits per heavy atom. The number of aryl methyl sites for hydroxylation is 2. The van der Waals surface area contributed by atoms with E-state index in [4.69, 9.17) is 19.9 Å². The zero-order chi connectivity index (χ0) is 27.7. The molecule has 0 spiro atoms. The van der Waals surface area contributed by atoms with Gasteiger partial charge in [-0.2, -0.15) is 0 Å². The summed E-state index contributed by atoms with van der Waals surface area (Å²) >= 11 is 0. The van der Waals surface area contributed by atoms with Gasteiger partial charge in [0.2, 0.25) is 0 Å². The van der Waals surface area contributed by atoms with Gasteiger partial charge in [-0.05, 0) is 103 Å². The lowest BCUT2D eigenvalue weighted by atomic mass is 9.98. The maximum atomic E-state index is 12.4. The Hall–Kier alpha value is -3.39. The van der Waals surface area contributed by atoms with E-state index < -0.39 is 11.2 Å². The van der Waals surface area contributed by atoms with Gasteiger partial charge in [-0.25, -0.2) is 0 Å². The fourth-order valence-electron chi connectivity index (χ4n) is 3.23. The highest BCUT2D eigenvalue weighted by Crippen LogP contribution is 2.25. The highest BCUT2D eigenvalue weighted by Gasteiger charge is 2.18. The van der Waals surface area contributed by atoms with Crippen molar-refractivity contribution in [1.82, 2.24) is 5.32 Å². The molecule has 8 nitrogen and oxygen atoms in total. The van der Waals surface area contributed by atoms with Gasteiger partial charge in [-0.1, -0.05) is 0 Å². The largest absolute Gasteiger partial charge is 0.496 e. The number of benzene rings is 2. The number of ketones is 1. The maximum Gasteiger partial charge on any atom is 0.320 e. The molecular weight excluding hydrogens is 460 g/mol. The number of hydrogen-bond acceptors (Lipinski definition) is 8. The first-order chi connectivity index (χ1) is 16.5. The third-order valence-electron chi connectivity index (χ3n) is 4.48. The molecule has 3 N–H and O–H groups in total. The van der Waals surface area contributed by atoms with Crippen molar-refractivity contribution >= 4 is 23.4 Å². The van der Waals surface area contributed by atoms with Crippen LogP contribution in [0.2, 0.25) is 0 Å². The number of nitrogens with one attached hydrogen (secondary N) is 1. The molecule has 8 heteroatoms. The van der Waals surface area contributed by atoms with Gasteiger partial charge in [0.15, 0.2) is 5.78 Å². The molecular formula is C28H40N2O6. The summed E-state index contributed by atoms with van der Waals surface area (Å²) in [7, 11) is 1.64. The van der Waals surface area contributed by atoms with Gasteiger partial charge in [-0.3, -0.25) is 19.7 Å². The van der Waals surface area contributed by atoms with E-state index >= 15 is 0 Å². The molecule has 2 aromatic carbocycles. The van der Waals surface area contributed by atoms with Crippen LogP contribution in [-0.2, 0) is 19.1 Å². The fourth-order valence-corrected chi connectivity index (χ4v) is 3.23. The molecule has 198 valence electrons. The first-order valence-electron chi connectivity index (χ1n) is 11.7. The van der Waals surface area contributed by atoms with Crippen molar-refractivity contribution in [3.05, 3.63) is 58.7 Å². The first kappa shape index (κ1) is 30.6. The van der Waals surface area contributed by atoms with E-state index in [-0.39, 0.29) is 30.8 Å². The standard InChI is InChI=1S/C16H17NO2.C12H23NO4/c1-10-8-13(9-11(2)16(10)19-3)15(18)12-4-6-14(17)7-5-12;1-11(2,3)16-9(14)7-13-8-10(15)17-12(4,5)6/h4-9H,17H2,1-3H3;13H,7-8H2,1-6H3. The minimum Gasteiger partial charge on any atom is -0.496 e. The minimum atomic E-state index is -0.509. The van der Waals surface area contributed by atoms with E-state index in [1.165, 1.54) is 0 Å². The predicted molar refractivity (Wildman–Crippen MR) is 141 cm³/mol. The Balaban J connectivity index is 0.000000363. The van der Waals surface area contributed by atoms with Crippen LogP contribution in [0.25, 0.3) is 0 Å². The number of nitrogen functional groups attached to an aromatic ring is 1. The van der Waals surface area contributed by atoms with E-state index in [0.29, 0.717) is 16.8 Å². The van der Waals surface area contributed by atoms with Gasteiger partial charge < -0.3 is 19.9 Å². The lowest BCUT2D eigenvalue weighted by Gasteiger charge is -2.20. The van der Waals surface area contributed by atoms with Crippen LogP contribution in [0, 0.1) is 13.8 Å².